The topological polar surface area (TPSA) is 54.5 Å². The normalized spacial score (nSPS) is 27.7. The molecule has 0 bridgehead atoms. The van der Waals surface area contributed by atoms with Gasteiger partial charge in [0.2, 0.25) is 11.8 Å². The van der Waals surface area contributed by atoms with Gasteiger partial charge >= 0.3 is 0 Å². The first kappa shape index (κ1) is 15.9. The van der Waals surface area contributed by atoms with Gasteiger partial charge in [0.15, 0.2) is 0 Å². The summed E-state index contributed by atoms with van der Waals surface area (Å²) in [4.78, 5) is 38.7. The highest BCUT2D eigenvalue weighted by atomic mass is 28.3. The summed E-state index contributed by atoms with van der Waals surface area (Å²) < 4.78 is 0. The monoisotopic (exact) mass is 327 g/mol. The molecule has 1 aromatic rings. The molecule has 23 heavy (non-hydrogen) atoms. The van der Waals surface area contributed by atoms with Crippen LogP contribution < -0.4 is 4.90 Å². The van der Waals surface area contributed by atoms with E-state index in [1.807, 2.05) is 24.3 Å². The van der Waals surface area contributed by atoms with Gasteiger partial charge < -0.3 is 0 Å². The van der Waals surface area contributed by atoms with E-state index >= 15 is 0 Å². The summed E-state index contributed by atoms with van der Waals surface area (Å²) in [5.41, 5.74) is 1.24. The van der Waals surface area contributed by atoms with Crippen molar-refractivity contribution in [2.24, 2.45) is 11.8 Å². The number of hydrogen-bond donors (Lipinski definition) is 0. The fraction of sp³-hybridized carbons (Fsp3) is 0.389. The maximum absolute atomic E-state index is 13.1. The lowest BCUT2D eigenvalue weighted by molar-refractivity contribution is -0.122. The van der Waals surface area contributed by atoms with Gasteiger partial charge in [0.25, 0.3) is 0 Å². The van der Waals surface area contributed by atoms with E-state index in [-0.39, 0.29) is 29.2 Å². The van der Waals surface area contributed by atoms with Crippen molar-refractivity contribution in [2.45, 2.75) is 31.6 Å². The van der Waals surface area contributed by atoms with Gasteiger partial charge in [-0.05, 0) is 29.7 Å². The number of rotatable bonds is 3. The Bertz CT molecular complexity index is 690. The van der Waals surface area contributed by atoms with Crippen LogP contribution in [0.2, 0.25) is 25.2 Å². The van der Waals surface area contributed by atoms with Crippen LogP contribution in [0.1, 0.15) is 6.42 Å². The maximum Gasteiger partial charge on any atom is 0.238 e. The Morgan fingerprint density at radius 3 is 2.30 bits per heavy atom. The number of allylic oxidation sites excluding steroid dienone is 2. The second-order valence-corrected chi connectivity index (χ2v) is 12.7. The van der Waals surface area contributed by atoms with Crippen LogP contribution in [0.3, 0.4) is 0 Å². The molecule has 2 aliphatic rings. The minimum absolute atomic E-state index is 0.0936. The second-order valence-electron chi connectivity index (χ2n) is 7.38. The van der Waals surface area contributed by atoms with Gasteiger partial charge in [-0.3, -0.25) is 19.3 Å². The standard InChI is InChI=1S/C18H21NO3Si/c1-23(2,3)16-12(11-20)9-10-14-15(16)18(22)19(17(14)21)13-7-5-4-6-8-13/h4-9,11,14-16H,10H2,1-3H3/t14-,15-,16-/m1/s1. The first-order chi connectivity index (χ1) is 10.9. The summed E-state index contributed by atoms with van der Waals surface area (Å²) in [7, 11) is -1.83. The van der Waals surface area contributed by atoms with Crippen LogP contribution in [-0.4, -0.2) is 26.2 Å². The Kier molecular flexibility index (Phi) is 3.84. The van der Waals surface area contributed by atoms with Gasteiger partial charge in [-0.2, -0.15) is 0 Å². The minimum atomic E-state index is -1.83. The average Bonchev–Trinajstić information content (AvgIpc) is 2.77. The fourth-order valence-corrected chi connectivity index (χ4v) is 6.60. The van der Waals surface area contributed by atoms with E-state index < -0.39 is 8.07 Å². The first-order valence-corrected chi connectivity index (χ1v) is 11.5. The molecule has 0 aromatic heterocycles. The molecule has 1 heterocycles. The highest BCUT2D eigenvalue weighted by Gasteiger charge is 2.56. The van der Waals surface area contributed by atoms with Crippen LogP contribution >= 0.6 is 0 Å². The highest BCUT2D eigenvalue weighted by Crippen LogP contribution is 2.49. The number of benzene rings is 1. The lowest BCUT2D eigenvalue weighted by Crippen LogP contribution is -2.42. The Labute approximate surface area is 137 Å². The summed E-state index contributed by atoms with van der Waals surface area (Å²) in [6.07, 6.45) is 3.23. The molecule has 5 heteroatoms. The minimum Gasteiger partial charge on any atom is -0.298 e. The van der Waals surface area contributed by atoms with E-state index in [0.717, 1.165) is 6.29 Å². The largest absolute Gasteiger partial charge is 0.298 e. The molecule has 4 nitrogen and oxygen atoms in total. The number of nitrogens with zero attached hydrogens (tertiary/aromatic N) is 1. The van der Waals surface area contributed by atoms with Crippen LogP contribution in [0.4, 0.5) is 5.69 Å². The van der Waals surface area contributed by atoms with Gasteiger partial charge in [0, 0.05) is 0 Å². The summed E-state index contributed by atoms with van der Waals surface area (Å²) in [5.74, 6) is -0.996. The molecule has 0 spiro atoms. The molecule has 0 radical (unpaired) electrons. The van der Waals surface area contributed by atoms with E-state index in [0.29, 0.717) is 17.7 Å². The summed E-state index contributed by atoms with van der Waals surface area (Å²) >= 11 is 0. The smallest absolute Gasteiger partial charge is 0.238 e. The molecule has 1 fully saturated rings. The molecule has 0 unspecified atom stereocenters. The summed E-state index contributed by atoms with van der Waals surface area (Å²) in [6, 6.07) is 9.07. The average molecular weight is 327 g/mol. The number of fused-ring (bicyclic) bond motifs is 1. The Morgan fingerprint density at radius 2 is 1.74 bits per heavy atom. The molecule has 3 atom stereocenters. The first-order valence-electron chi connectivity index (χ1n) is 7.94. The van der Waals surface area contributed by atoms with Crippen LogP contribution in [0.5, 0.6) is 0 Å². The van der Waals surface area contributed by atoms with E-state index in [1.54, 1.807) is 12.1 Å². The zero-order valence-corrected chi connectivity index (χ0v) is 14.7. The third kappa shape index (κ3) is 2.49. The molecule has 0 saturated carbocycles. The van der Waals surface area contributed by atoms with Crippen LogP contribution in [0.15, 0.2) is 42.0 Å². The number of amides is 2. The number of aldehydes is 1. The van der Waals surface area contributed by atoms with Crippen molar-refractivity contribution in [3.05, 3.63) is 42.0 Å². The number of imide groups is 1. The molecule has 1 aliphatic carbocycles. The van der Waals surface area contributed by atoms with Gasteiger partial charge in [0.05, 0.1) is 25.6 Å². The lowest BCUT2D eigenvalue weighted by atomic mass is 9.81. The number of hydrogen-bond acceptors (Lipinski definition) is 3. The van der Waals surface area contributed by atoms with Crippen molar-refractivity contribution in [3.8, 4) is 0 Å². The molecule has 3 rings (SSSR count). The Balaban J connectivity index is 2.06. The molecular formula is C18H21NO3Si. The van der Waals surface area contributed by atoms with Crippen molar-refractivity contribution >= 4 is 31.9 Å². The molecule has 2 amide bonds. The maximum atomic E-state index is 13.1. The SMILES string of the molecule is C[Si](C)(C)[C@@H]1C(C=O)=CC[C@H]2C(=O)N(c3ccccc3)C(=O)[C@@H]12. The van der Waals surface area contributed by atoms with Crippen molar-refractivity contribution in [2.75, 3.05) is 4.90 Å². The van der Waals surface area contributed by atoms with Gasteiger partial charge in [-0.1, -0.05) is 43.9 Å². The summed E-state index contributed by atoms with van der Waals surface area (Å²) in [5, 5.41) is 0. The summed E-state index contributed by atoms with van der Waals surface area (Å²) in [6.45, 7) is 6.46. The highest BCUT2D eigenvalue weighted by molar-refractivity contribution is 6.79. The van der Waals surface area contributed by atoms with Crippen LogP contribution in [0.25, 0.3) is 0 Å². The molecule has 0 N–H and O–H groups in total. The molecular weight excluding hydrogens is 306 g/mol. The number of para-hydroxylation sites is 1. The number of carbonyl (C=O) groups is 3. The predicted octanol–water partition coefficient (Wildman–Crippen LogP) is 3.03. The Morgan fingerprint density at radius 1 is 1.09 bits per heavy atom. The van der Waals surface area contributed by atoms with Crippen molar-refractivity contribution in [3.63, 3.8) is 0 Å². The number of anilines is 1. The van der Waals surface area contributed by atoms with Gasteiger partial charge in [-0.25, -0.2) is 0 Å². The van der Waals surface area contributed by atoms with Gasteiger partial charge in [0.1, 0.15) is 6.29 Å². The van der Waals surface area contributed by atoms with E-state index in [4.69, 9.17) is 0 Å². The fourth-order valence-electron chi connectivity index (χ4n) is 3.96. The van der Waals surface area contributed by atoms with Gasteiger partial charge in [-0.15, -0.1) is 0 Å². The van der Waals surface area contributed by atoms with Crippen molar-refractivity contribution in [1.82, 2.24) is 0 Å². The predicted molar refractivity (Wildman–Crippen MR) is 91.8 cm³/mol. The molecule has 1 aromatic carbocycles. The third-order valence-electron chi connectivity index (χ3n) is 4.89. The zero-order valence-electron chi connectivity index (χ0n) is 13.7. The van der Waals surface area contributed by atoms with Crippen molar-refractivity contribution in [1.29, 1.82) is 0 Å². The molecule has 1 aliphatic heterocycles. The second kappa shape index (κ2) is 5.56. The number of carbonyl (C=O) groups excluding carboxylic acids is 3. The van der Waals surface area contributed by atoms with E-state index in [9.17, 15) is 14.4 Å². The molecule has 120 valence electrons. The quantitative estimate of drug-likeness (QED) is 0.487. The van der Waals surface area contributed by atoms with Crippen molar-refractivity contribution < 1.29 is 14.4 Å². The molecule has 1 saturated heterocycles. The Hall–Kier alpha value is -2.01. The van der Waals surface area contributed by atoms with E-state index in [1.165, 1.54) is 4.90 Å². The lowest BCUT2D eigenvalue weighted by Gasteiger charge is -2.37. The zero-order chi connectivity index (χ0) is 16.8. The van der Waals surface area contributed by atoms with Crippen LogP contribution in [0, 0.1) is 11.8 Å². The van der Waals surface area contributed by atoms with Crippen LogP contribution in [-0.2, 0) is 14.4 Å². The van der Waals surface area contributed by atoms with E-state index in [2.05, 4.69) is 19.6 Å². The third-order valence-corrected chi connectivity index (χ3v) is 7.44.